The summed E-state index contributed by atoms with van der Waals surface area (Å²) in [5.41, 5.74) is 19.0. The van der Waals surface area contributed by atoms with Gasteiger partial charge < -0.3 is 4.74 Å². The van der Waals surface area contributed by atoms with E-state index in [4.69, 9.17) is 9.73 Å². The SMILES string of the molecule is CC1(C)c2ccccc2-c2ccc(C3C4C(C5C=CC=CC5)=NC(c5ccc(-c6ccc7c(c6)C6(c8ccccc8O7)c7ccccc7-c7ccccc76)cc5)N43)cc21. The van der Waals surface area contributed by atoms with E-state index >= 15 is 0 Å². The van der Waals surface area contributed by atoms with Crippen LogP contribution in [-0.4, -0.2) is 16.7 Å². The number of ether oxygens (including phenoxy) is 1. The molecule has 7 aromatic carbocycles. The normalized spacial score (nSPS) is 23.6. The van der Waals surface area contributed by atoms with Gasteiger partial charge in [0.05, 0.1) is 17.5 Å². The van der Waals surface area contributed by atoms with Crippen molar-refractivity contribution >= 4 is 5.71 Å². The number of hydrogen-bond acceptors (Lipinski definition) is 3. The molecule has 0 amide bonds. The van der Waals surface area contributed by atoms with Crippen molar-refractivity contribution in [1.29, 1.82) is 0 Å². The Labute approximate surface area is 345 Å². The number of nitrogens with zero attached hydrogens (tertiary/aromatic N) is 2. The molecular formula is C56H42N2O. The Morgan fingerprint density at radius 3 is 1.86 bits per heavy atom. The van der Waals surface area contributed by atoms with Crippen LogP contribution in [0.25, 0.3) is 33.4 Å². The van der Waals surface area contributed by atoms with E-state index in [-0.39, 0.29) is 11.6 Å². The fourth-order valence-electron chi connectivity index (χ4n) is 11.7. The van der Waals surface area contributed by atoms with Crippen LogP contribution in [0.1, 0.15) is 77.0 Å². The molecule has 59 heavy (non-hydrogen) atoms. The van der Waals surface area contributed by atoms with Gasteiger partial charge in [-0.15, -0.1) is 0 Å². The van der Waals surface area contributed by atoms with Gasteiger partial charge in [-0.2, -0.15) is 0 Å². The zero-order chi connectivity index (χ0) is 39.0. The van der Waals surface area contributed by atoms with Gasteiger partial charge >= 0.3 is 0 Å². The summed E-state index contributed by atoms with van der Waals surface area (Å²) in [5, 5.41) is 0. The Hall–Kier alpha value is -6.55. The van der Waals surface area contributed by atoms with Gasteiger partial charge in [0.2, 0.25) is 0 Å². The molecule has 0 aromatic heterocycles. The predicted molar refractivity (Wildman–Crippen MR) is 238 cm³/mol. The van der Waals surface area contributed by atoms with E-state index in [0.29, 0.717) is 18.0 Å². The summed E-state index contributed by atoms with van der Waals surface area (Å²) in [6.45, 7) is 4.76. The van der Waals surface area contributed by atoms with E-state index in [1.165, 1.54) is 83.6 Å². The first-order valence-corrected chi connectivity index (χ1v) is 21.2. The van der Waals surface area contributed by atoms with E-state index in [0.717, 1.165) is 17.9 Å². The van der Waals surface area contributed by atoms with Gasteiger partial charge in [0.15, 0.2) is 0 Å². The van der Waals surface area contributed by atoms with Gasteiger partial charge in [-0.1, -0.05) is 178 Å². The highest BCUT2D eigenvalue weighted by Crippen LogP contribution is 2.63. The van der Waals surface area contributed by atoms with E-state index < -0.39 is 5.41 Å². The number of fused-ring (bicyclic) bond motifs is 13. The molecule has 1 saturated heterocycles. The molecule has 3 aliphatic carbocycles. The third-order valence-electron chi connectivity index (χ3n) is 14.4. The van der Waals surface area contributed by atoms with Crippen molar-refractivity contribution in [2.45, 2.75) is 49.3 Å². The van der Waals surface area contributed by atoms with E-state index in [1.807, 2.05) is 0 Å². The second-order valence-corrected chi connectivity index (χ2v) is 17.7. The minimum atomic E-state index is -0.482. The second-order valence-electron chi connectivity index (χ2n) is 17.7. The van der Waals surface area contributed by atoms with Crippen molar-refractivity contribution in [3.05, 3.63) is 227 Å². The highest BCUT2D eigenvalue weighted by atomic mass is 16.5. The molecule has 0 saturated carbocycles. The minimum absolute atomic E-state index is 0.0185. The number of rotatable bonds is 4. The van der Waals surface area contributed by atoms with E-state index in [1.54, 1.807) is 0 Å². The first-order valence-electron chi connectivity index (χ1n) is 21.2. The predicted octanol–water partition coefficient (Wildman–Crippen LogP) is 13.1. The number of hydrogen-bond donors (Lipinski definition) is 0. The zero-order valence-electron chi connectivity index (χ0n) is 33.1. The standard InChI is InChI=1S/C56H42N2O/c1-55(2)43-19-9-6-16-39(43)42-30-28-38(33-47(42)55)52-53-51(35-14-4-3-5-15-35)57-54(58(52)53)36-26-24-34(25-27-36)37-29-31-50-48(32-37)56(46-22-12-13-23-49(46)59-50)44-20-10-7-17-40(44)41-18-8-11-21-45(41)56/h3-14,16-33,35,52-54H,15H2,1-2H3. The average molecular weight is 759 g/mol. The Kier molecular flexibility index (Phi) is 6.80. The number of allylic oxidation sites excluding steroid dienone is 4. The molecule has 282 valence electrons. The summed E-state index contributed by atoms with van der Waals surface area (Å²) in [4.78, 5) is 8.19. The van der Waals surface area contributed by atoms with Crippen molar-refractivity contribution in [3.63, 3.8) is 0 Å². The minimum Gasteiger partial charge on any atom is -0.457 e. The highest BCUT2D eigenvalue weighted by molar-refractivity contribution is 5.99. The van der Waals surface area contributed by atoms with Crippen LogP contribution >= 0.6 is 0 Å². The van der Waals surface area contributed by atoms with Gasteiger partial charge in [0.25, 0.3) is 0 Å². The lowest BCUT2D eigenvalue weighted by molar-refractivity contribution is 0.404. The van der Waals surface area contributed by atoms with Crippen LogP contribution in [0.3, 0.4) is 0 Å². The van der Waals surface area contributed by atoms with Crippen molar-refractivity contribution < 1.29 is 4.74 Å². The molecular weight excluding hydrogens is 717 g/mol. The molecule has 0 bridgehead atoms. The number of benzene rings is 7. The first-order chi connectivity index (χ1) is 29.0. The van der Waals surface area contributed by atoms with E-state index in [2.05, 4.69) is 201 Å². The lowest BCUT2D eigenvalue weighted by atomic mass is 9.66. The number of para-hydroxylation sites is 1. The van der Waals surface area contributed by atoms with Gasteiger partial charge in [-0.05, 0) is 91.4 Å². The van der Waals surface area contributed by atoms with Crippen LogP contribution in [0.5, 0.6) is 11.5 Å². The number of aliphatic imine (C=N–C) groups is 1. The van der Waals surface area contributed by atoms with Crippen LogP contribution in [0.15, 0.2) is 187 Å². The molecule has 1 fully saturated rings. The summed E-state index contributed by atoms with van der Waals surface area (Å²) < 4.78 is 6.72. The molecule has 0 N–H and O–H groups in total. The molecule has 0 radical (unpaired) electrons. The fourth-order valence-corrected chi connectivity index (χ4v) is 11.7. The quantitative estimate of drug-likeness (QED) is 0.167. The third-order valence-corrected chi connectivity index (χ3v) is 14.4. The molecule has 3 nitrogen and oxygen atoms in total. The largest absolute Gasteiger partial charge is 0.457 e. The van der Waals surface area contributed by atoms with Gasteiger partial charge in [-0.3, -0.25) is 9.89 Å². The summed E-state index contributed by atoms with van der Waals surface area (Å²) in [6.07, 6.45) is 10.0. The Bertz CT molecular complexity index is 2970. The van der Waals surface area contributed by atoms with Crippen molar-refractivity contribution in [3.8, 4) is 44.9 Å². The topological polar surface area (TPSA) is 24.6 Å². The van der Waals surface area contributed by atoms with Crippen molar-refractivity contribution in [2.24, 2.45) is 10.9 Å². The van der Waals surface area contributed by atoms with Crippen LogP contribution in [0.4, 0.5) is 0 Å². The summed E-state index contributed by atoms with van der Waals surface area (Å²) in [6, 6.07) is 59.3. The Morgan fingerprint density at radius 2 is 1.14 bits per heavy atom. The van der Waals surface area contributed by atoms with Crippen molar-refractivity contribution in [2.75, 3.05) is 0 Å². The van der Waals surface area contributed by atoms with Gasteiger partial charge in [0.1, 0.15) is 17.7 Å². The average Bonchev–Trinajstić information content (AvgIpc) is 3.68. The monoisotopic (exact) mass is 758 g/mol. The van der Waals surface area contributed by atoms with Crippen LogP contribution in [0.2, 0.25) is 0 Å². The Balaban J connectivity index is 0.882. The molecule has 5 atom stereocenters. The zero-order valence-corrected chi connectivity index (χ0v) is 33.1. The summed E-state index contributed by atoms with van der Waals surface area (Å²) >= 11 is 0. The summed E-state index contributed by atoms with van der Waals surface area (Å²) in [7, 11) is 0. The summed E-state index contributed by atoms with van der Waals surface area (Å²) in [5.74, 6) is 2.16. The lowest BCUT2D eigenvalue weighted by Crippen LogP contribution is -2.32. The van der Waals surface area contributed by atoms with Crippen molar-refractivity contribution in [1.82, 2.24) is 4.90 Å². The van der Waals surface area contributed by atoms with Crippen LogP contribution in [-0.2, 0) is 10.8 Å². The molecule has 3 aliphatic heterocycles. The smallest absolute Gasteiger partial charge is 0.132 e. The maximum Gasteiger partial charge on any atom is 0.132 e. The fraction of sp³-hybridized carbons (Fsp3) is 0.161. The van der Waals surface area contributed by atoms with Crippen LogP contribution in [0, 0.1) is 5.92 Å². The van der Waals surface area contributed by atoms with E-state index in [9.17, 15) is 0 Å². The molecule has 13 rings (SSSR count). The maximum absolute atomic E-state index is 6.72. The molecule has 7 aromatic rings. The van der Waals surface area contributed by atoms with Gasteiger partial charge in [-0.25, -0.2) is 0 Å². The lowest BCUT2D eigenvalue weighted by Gasteiger charge is -2.39. The molecule has 6 aliphatic rings. The second kappa shape index (κ2) is 12.0. The third kappa shape index (κ3) is 4.49. The van der Waals surface area contributed by atoms with Crippen LogP contribution < -0.4 is 4.74 Å². The maximum atomic E-state index is 6.72. The first kappa shape index (κ1) is 33.4. The highest BCUT2D eigenvalue weighted by Gasteiger charge is 2.60. The molecule has 1 spiro atoms. The Morgan fingerprint density at radius 1 is 0.525 bits per heavy atom. The molecule has 3 heterocycles. The molecule has 3 heteroatoms. The van der Waals surface area contributed by atoms with Gasteiger partial charge in [0, 0.05) is 28.2 Å². The molecule has 5 unspecified atom stereocenters.